The second-order valence-electron chi connectivity index (χ2n) is 4.76. The third kappa shape index (κ3) is 2.93. The molecule has 0 bridgehead atoms. The molecule has 0 radical (unpaired) electrons. The Labute approximate surface area is 101 Å². The van der Waals surface area contributed by atoms with Gasteiger partial charge in [-0.1, -0.05) is 13.8 Å². The second-order valence-corrected chi connectivity index (χ2v) is 4.76. The lowest BCUT2D eigenvalue weighted by Crippen LogP contribution is -2.24. The van der Waals surface area contributed by atoms with Gasteiger partial charge in [0.2, 0.25) is 11.9 Å². The van der Waals surface area contributed by atoms with Gasteiger partial charge in [-0.25, -0.2) is 9.97 Å². The van der Waals surface area contributed by atoms with E-state index in [1.165, 1.54) is 0 Å². The number of carbonyl (C=O) groups excluding carboxylic acids is 1. The molecule has 5 heteroatoms. The van der Waals surface area contributed by atoms with Crippen LogP contribution in [0.25, 0.3) is 0 Å². The molecule has 0 saturated carbocycles. The normalized spacial score (nSPS) is 19.5. The fourth-order valence-electron chi connectivity index (χ4n) is 1.84. The zero-order valence-electron chi connectivity index (χ0n) is 10.4. The summed E-state index contributed by atoms with van der Waals surface area (Å²) in [7, 11) is 0. The maximum Gasteiger partial charge on any atom is 0.223 e. The maximum atomic E-state index is 11.1. The molecular weight excluding hydrogens is 216 g/mol. The lowest BCUT2D eigenvalue weighted by Gasteiger charge is -2.13. The van der Waals surface area contributed by atoms with Crippen molar-refractivity contribution in [1.29, 1.82) is 0 Å². The lowest BCUT2D eigenvalue weighted by molar-refractivity contribution is -0.119. The third-order valence-corrected chi connectivity index (χ3v) is 2.78. The van der Waals surface area contributed by atoms with Crippen molar-refractivity contribution in [2.75, 3.05) is 11.9 Å². The molecule has 1 unspecified atom stereocenters. The van der Waals surface area contributed by atoms with Crippen LogP contribution in [0.3, 0.4) is 0 Å². The molecule has 0 aliphatic carbocycles. The average molecular weight is 234 g/mol. The van der Waals surface area contributed by atoms with Crippen LogP contribution in [0, 0.1) is 6.92 Å². The van der Waals surface area contributed by atoms with Gasteiger partial charge in [-0.3, -0.25) is 4.79 Å². The largest absolute Gasteiger partial charge is 0.354 e. The quantitative estimate of drug-likeness (QED) is 0.825. The van der Waals surface area contributed by atoms with Crippen LogP contribution in [0.2, 0.25) is 0 Å². The number of anilines is 1. The topological polar surface area (TPSA) is 66.9 Å². The number of amides is 1. The SMILES string of the molecule is Cc1cc(C(C)C)nc(NC2CNC(=O)C2)n1. The summed E-state index contributed by atoms with van der Waals surface area (Å²) in [4.78, 5) is 19.9. The van der Waals surface area contributed by atoms with Crippen LogP contribution in [-0.2, 0) is 4.79 Å². The average Bonchev–Trinajstić information content (AvgIpc) is 2.63. The summed E-state index contributed by atoms with van der Waals surface area (Å²) >= 11 is 0. The molecule has 1 atom stereocenters. The van der Waals surface area contributed by atoms with Crippen LogP contribution in [0.1, 0.15) is 37.6 Å². The zero-order valence-corrected chi connectivity index (χ0v) is 10.4. The van der Waals surface area contributed by atoms with Crippen LogP contribution < -0.4 is 10.6 Å². The number of hydrogen-bond acceptors (Lipinski definition) is 4. The Kier molecular flexibility index (Phi) is 3.26. The third-order valence-electron chi connectivity index (χ3n) is 2.78. The predicted octanol–water partition coefficient (Wildman–Crippen LogP) is 1.21. The Morgan fingerprint density at radius 2 is 2.24 bits per heavy atom. The molecule has 1 aliphatic heterocycles. The Morgan fingerprint density at radius 1 is 1.47 bits per heavy atom. The van der Waals surface area contributed by atoms with Crippen molar-refractivity contribution in [3.8, 4) is 0 Å². The van der Waals surface area contributed by atoms with E-state index in [0.717, 1.165) is 11.4 Å². The minimum atomic E-state index is 0.0826. The molecule has 1 fully saturated rings. The first-order valence-corrected chi connectivity index (χ1v) is 5.93. The molecular formula is C12H18N4O. The van der Waals surface area contributed by atoms with E-state index in [-0.39, 0.29) is 11.9 Å². The first kappa shape index (κ1) is 11.8. The van der Waals surface area contributed by atoms with Gasteiger partial charge in [-0.2, -0.15) is 0 Å². The Hall–Kier alpha value is -1.65. The molecule has 5 nitrogen and oxygen atoms in total. The number of hydrogen-bond donors (Lipinski definition) is 2. The molecule has 1 saturated heterocycles. The smallest absolute Gasteiger partial charge is 0.223 e. The van der Waals surface area contributed by atoms with E-state index in [1.54, 1.807) is 0 Å². The number of nitrogens with zero attached hydrogens (tertiary/aromatic N) is 2. The van der Waals surface area contributed by atoms with E-state index in [9.17, 15) is 4.79 Å². The molecule has 0 spiro atoms. The summed E-state index contributed by atoms with van der Waals surface area (Å²) in [5.41, 5.74) is 1.97. The van der Waals surface area contributed by atoms with Crippen molar-refractivity contribution < 1.29 is 4.79 Å². The number of aromatic nitrogens is 2. The van der Waals surface area contributed by atoms with Crippen molar-refractivity contribution in [1.82, 2.24) is 15.3 Å². The summed E-state index contributed by atoms with van der Waals surface area (Å²) in [6, 6.07) is 2.10. The summed E-state index contributed by atoms with van der Waals surface area (Å²) in [6.45, 7) is 6.81. The van der Waals surface area contributed by atoms with E-state index in [1.807, 2.05) is 13.0 Å². The fraction of sp³-hybridized carbons (Fsp3) is 0.583. The van der Waals surface area contributed by atoms with Crippen LogP contribution in [0.15, 0.2) is 6.07 Å². The van der Waals surface area contributed by atoms with Gasteiger partial charge >= 0.3 is 0 Å². The highest BCUT2D eigenvalue weighted by atomic mass is 16.1. The van der Waals surface area contributed by atoms with Gasteiger partial charge < -0.3 is 10.6 Å². The van der Waals surface area contributed by atoms with Gasteiger partial charge in [-0.05, 0) is 18.9 Å². The highest BCUT2D eigenvalue weighted by Crippen LogP contribution is 2.15. The van der Waals surface area contributed by atoms with E-state index >= 15 is 0 Å². The molecule has 1 aliphatic rings. The Morgan fingerprint density at radius 3 is 2.82 bits per heavy atom. The van der Waals surface area contributed by atoms with E-state index < -0.39 is 0 Å². The van der Waals surface area contributed by atoms with Gasteiger partial charge in [0.1, 0.15) is 0 Å². The minimum absolute atomic E-state index is 0.0826. The zero-order chi connectivity index (χ0) is 12.4. The summed E-state index contributed by atoms with van der Waals surface area (Å²) in [5, 5.41) is 5.99. The molecule has 1 aromatic rings. The van der Waals surface area contributed by atoms with Crippen LogP contribution >= 0.6 is 0 Å². The van der Waals surface area contributed by atoms with Crippen molar-refractivity contribution in [3.05, 3.63) is 17.5 Å². The number of nitrogens with one attached hydrogen (secondary N) is 2. The number of rotatable bonds is 3. The molecule has 1 amide bonds. The summed E-state index contributed by atoms with van der Waals surface area (Å²) in [6.07, 6.45) is 0.494. The van der Waals surface area contributed by atoms with Crippen molar-refractivity contribution in [2.45, 2.75) is 39.2 Å². The van der Waals surface area contributed by atoms with Gasteiger partial charge in [-0.15, -0.1) is 0 Å². The Bertz CT molecular complexity index is 431. The molecule has 1 aromatic heterocycles. The van der Waals surface area contributed by atoms with Crippen LogP contribution in [0.5, 0.6) is 0 Å². The highest BCUT2D eigenvalue weighted by Gasteiger charge is 2.22. The minimum Gasteiger partial charge on any atom is -0.354 e. The predicted molar refractivity (Wildman–Crippen MR) is 65.9 cm³/mol. The van der Waals surface area contributed by atoms with Gasteiger partial charge in [0.15, 0.2) is 0 Å². The van der Waals surface area contributed by atoms with E-state index in [2.05, 4.69) is 34.4 Å². The second kappa shape index (κ2) is 4.69. The fourth-order valence-corrected chi connectivity index (χ4v) is 1.84. The summed E-state index contributed by atoms with van der Waals surface area (Å²) in [5.74, 6) is 1.08. The molecule has 17 heavy (non-hydrogen) atoms. The van der Waals surface area contributed by atoms with Gasteiger partial charge in [0.25, 0.3) is 0 Å². The Balaban J connectivity index is 2.12. The molecule has 2 heterocycles. The van der Waals surface area contributed by atoms with Gasteiger partial charge in [0.05, 0.1) is 6.04 Å². The molecule has 2 N–H and O–H groups in total. The molecule has 2 rings (SSSR count). The van der Waals surface area contributed by atoms with Crippen LogP contribution in [-0.4, -0.2) is 28.5 Å². The molecule has 92 valence electrons. The number of carbonyl (C=O) groups is 1. The summed E-state index contributed by atoms with van der Waals surface area (Å²) < 4.78 is 0. The monoisotopic (exact) mass is 234 g/mol. The number of aryl methyl sites for hydroxylation is 1. The lowest BCUT2D eigenvalue weighted by atomic mass is 10.1. The van der Waals surface area contributed by atoms with Crippen molar-refractivity contribution in [2.24, 2.45) is 0 Å². The van der Waals surface area contributed by atoms with Crippen molar-refractivity contribution in [3.63, 3.8) is 0 Å². The first-order chi connectivity index (χ1) is 8.04. The van der Waals surface area contributed by atoms with E-state index in [0.29, 0.717) is 24.8 Å². The van der Waals surface area contributed by atoms with Crippen LogP contribution in [0.4, 0.5) is 5.95 Å². The standard InChI is InChI=1S/C12H18N4O/c1-7(2)10-4-8(3)14-12(16-10)15-9-5-11(17)13-6-9/h4,7,9H,5-6H2,1-3H3,(H,13,17)(H,14,15,16). The van der Waals surface area contributed by atoms with Crippen molar-refractivity contribution >= 4 is 11.9 Å². The first-order valence-electron chi connectivity index (χ1n) is 5.93. The van der Waals surface area contributed by atoms with Gasteiger partial charge in [0, 0.05) is 24.4 Å². The molecule has 0 aromatic carbocycles. The van der Waals surface area contributed by atoms with E-state index in [4.69, 9.17) is 0 Å². The highest BCUT2D eigenvalue weighted by molar-refractivity contribution is 5.79. The maximum absolute atomic E-state index is 11.1.